The van der Waals surface area contributed by atoms with Crippen LogP contribution in [0.3, 0.4) is 0 Å². The first-order chi connectivity index (χ1) is 11.7. The van der Waals surface area contributed by atoms with Gasteiger partial charge in [0.05, 0.1) is 11.3 Å². The molecule has 1 saturated heterocycles. The van der Waals surface area contributed by atoms with Crippen molar-refractivity contribution in [3.05, 3.63) is 35.4 Å². The zero-order chi connectivity index (χ0) is 18.6. The van der Waals surface area contributed by atoms with Crippen molar-refractivity contribution >= 4 is 23.6 Å². The molecule has 0 saturated carbocycles. The zero-order valence-corrected chi connectivity index (χ0v) is 15.0. The van der Waals surface area contributed by atoms with Gasteiger partial charge in [0, 0.05) is 26.6 Å². The van der Waals surface area contributed by atoms with Gasteiger partial charge in [-0.2, -0.15) is 13.2 Å². The highest BCUT2D eigenvalue weighted by molar-refractivity contribution is 8.00. The summed E-state index contributed by atoms with van der Waals surface area (Å²) >= 11 is 1.41. The molecule has 0 aliphatic carbocycles. The molecule has 138 valence electrons. The number of alkyl halides is 3. The van der Waals surface area contributed by atoms with E-state index in [2.05, 4.69) is 0 Å². The number of nitrogens with zero attached hydrogens (tertiary/aromatic N) is 2. The van der Waals surface area contributed by atoms with Crippen LogP contribution in [0.15, 0.2) is 24.3 Å². The van der Waals surface area contributed by atoms with Gasteiger partial charge in [0.1, 0.15) is 5.37 Å². The number of thioether (sulfide) groups is 1. The normalized spacial score (nSPS) is 17.9. The minimum absolute atomic E-state index is 0.0284. The molecule has 1 aromatic rings. The van der Waals surface area contributed by atoms with Crippen LogP contribution < -0.4 is 0 Å². The summed E-state index contributed by atoms with van der Waals surface area (Å²) in [5.41, 5.74) is -0.0151. The van der Waals surface area contributed by atoms with Crippen molar-refractivity contribution in [3.8, 4) is 0 Å². The van der Waals surface area contributed by atoms with Crippen LogP contribution in [0.25, 0.3) is 0 Å². The second-order valence-corrected chi connectivity index (χ2v) is 6.96. The molecule has 1 aromatic carbocycles. The first-order valence-corrected chi connectivity index (χ1v) is 9.11. The summed E-state index contributed by atoms with van der Waals surface area (Å²) in [5.74, 6) is 0.330. The second-order valence-electron chi connectivity index (χ2n) is 5.89. The van der Waals surface area contributed by atoms with Crippen molar-refractivity contribution in [3.63, 3.8) is 0 Å². The minimum Gasteiger partial charge on any atom is -0.346 e. The van der Waals surface area contributed by atoms with Gasteiger partial charge in [0.15, 0.2) is 0 Å². The van der Waals surface area contributed by atoms with E-state index in [9.17, 15) is 22.8 Å². The van der Waals surface area contributed by atoms with Crippen LogP contribution in [-0.2, 0) is 15.8 Å². The van der Waals surface area contributed by atoms with Crippen LogP contribution in [0.4, 0.5) is 13.2 Å². The van der Waals surface area contributed by atoms with Crippen LogP contribution in [-0.4, -0.2) is 47.5 Å². The Bertz CT molecular complexity index is 619. The first kappa shape index (κ1) is 19.6. The Balaban J connectivity index is 2.00. The van der Waals surface area contributed by atoms with Crippen molar-refractivity contribution in [2.24, 2.45) is 0 Å². The third-order valence-electron chi connectivity index (χ3n) is 4.11. The van der Waals surface area contributed by atoms with Crippen molar-refractivity contribution < 1.29 is 22.8 Å². The predicted octanol–water partition coefficient (Wildman–Crippen LogP) is 3.54. The summed E-state index contributed by atoms with van der Waals surface area (Å²) in [6.07, 6.45) is -3.30. The molecule has 2 amide bonds. The van der Waals surface area contributed by atoms with Gasteiger partial charge >= 0.3 is 6.18 Å². The van der Waals surface area contributed by atoms with E-state index in [0.717, 1.165) is 12.1 Å². The number of hydrogen-bond donors (Lipinski definition) is 0. The maximum Gasteiger partial charge on any atom is 0.416 e. The molecule has 25 heavy (non-hydrogen) atoms. The van der Waals surface area contributed by atoms with E-state index in [4.69, 9.17) is 0 Å². The summed E-state index contributed by atoms with van der Waals surface area (Å²) < 4.78 is 38.0. The van der Waals surface area contributed by atoms with Crippen LogP contribution in [0.1, 0.15) is 36.3 Å². The fourth-order valence-electron chi connectivity index (χ4n) is 2.68. The number of benzene rings is 1. The van der Waals surface area contributed by atoms with Crippen LogP contribution >= 0.6 is 11.8 Å². The molecule has 0 radical (unpaired) electrons. The van der Waals surface area contributed by atoms with Gasteiger partial charge in [-0.3, -0.25) is 9.59 Å². The van der Waals surface area contributed by atoms with E-state index in [1.165, 1.54) is 23.9 Å². The molecular formula is C17H21F3N2O2S. The highest BCUT2D eigenvalue weighted by Gasteiger charge is 2.34. The number of amides is 2. The van der Waals surface area contributed by atoms with Gasteiger partial charge in [-0.1, -0.05) is 19.1 Å². The summed E-state index contributed by atoms with van der Waals surface area (Å²) in [4.78, 5) is 26.9. The number of hydrogen-bond acceptors (Lipinski definition) is 3. The maximum atomic E-state index is 12.7. The van der Waals surface area contributed by atoms with Crippen LogP contribution in [0.2, 0.25) is 0 Å². The molecule has 0 aromatic heterocycles. The van der Waals surface area contributed by atoms with Gasteiger partial charge in [-0.15, -0.1) is 11.8 Å². The maximum absolute atomic E-state index is 12.7. The van der Waals surface area contributed by atoms with Gasteiger partial charge in [-0.05, 0) is 24.1 Å². The highest BCUT2D eigenvalue weighted by Crippen LogP contribution is 2.39. The fourth-order valence-corrected chi connectivity index (χ4v) is 3.90. The van der Waals surface area contributed by atoms with Crippen molar-refractivity contribution in [2.45, 2.75) is 31.3 Å². The van der Waals surface area contributed by atoms with Crippen LogP contribution in [0, 0.1) is 0 Å². The van der Waals surface area contributed by atoms with Crippen molar-refractivity contribution in [1.29, 1.82) is 0 Å². The average molecular weight is 374 g/mol. The lowest BCUT2D eigenvalue weighted by molar-refractivity contribution is -0.137. The number of carbonyl (C=O) groups excluding carboxylic acids is 2. The topological polar surface area (TPSA) is 40.6 Å². The van der Waals surface area contributed by atoms with Gasteiger partial charge in [0.2, 0.25) is 11.8 Å². The molecule has 0 N–H and O–H groups in total. The molecule has 1 atom stereocenters. The Morgan fingerprint density at radius 1 is 1.32 bits per heavy atom. The lowest BCUT2D eigenvalue weighted by atomic mass is 10.1. The second kappa shape index (κ2) is 8.12. The van der Waals surface area contributed by atoms with E-state index < -0.39 is 11.7 Å². The molecule has 1 fully saturated rings. The van der Waals surface area contributed by atoms with Crippen LogP contribution in [0.5, 0.6) is 0 Å². The Morgan fingerprint density at radius 2 is 1.96 bits per heavy atom. The number of halogens is 3. The molecule has 0 unspecified atom stereocenters. The minimum atomic E-state index is -4.37. The first-order valence-electron chi connectivity index (χ1n) is 8.06. The monoisotopic (exact) mass is 374 g/mol. The molecule has 0 bridgehead atoms. The third-order valence-corrected chi connectivity index (χ3v) is 5.37. The fraction of sp³-hybridized carbons (Fsp3) is 0.529. The predicted molar refractivity (Wildman–Crippen MR) is 90.9 cm³/mol. The van der Waals surface area contributed by atoms with Gasteiger partial charge < -0.3 is 9.80 Å². The molecule has 0 spiro atoms. The molecule has 2 rings (SSSR count). The smallest absolute Gasteiger partial charge is 0.346 e. The van der Waals surface area contributed by atoms with Crippen molar-refractivity contribution in [2.75, 3.05) is 25.9 Å². The van der Waals surface area contributed by atoms with E-state index in [1.807, 2.05) is 0 Å². The summed E-state index contributed by atoms with van der Waals surface area (Å²) in [5, 5.41) is -0.276. The SMILES string of the molecule is CCC(=O)N(C)CCCN1C(=O)CS[C@H]1c1ccc(C(F)(F)F)cc1. The molecule has 1 heterocycles. The van der Waals surface area contributed by atoms with E-state index in [0.29, 0.717) is 37.2 Å². The highest BCUT2D eigenvalue weighted by atomic mass is 32.2. The summed E-state index contributed by atoms with van der Waals surface area (Å²) in [7, 11) is 1.72. The number of rotatable bonds is 6. The molecule has 1 aliphatic heterocycles. The quantitative estimate of drug-likeness (QED) is 0.765. The Hall–Kier alpha value is -1.70. The Kier molecular flexibility index (Phi) is 6.37. The zero-order valence-electron chi connectivity index (χ0n) is 14.2. The van der Waals surface area contributed by atoms with Gasteiger partial charge in [-0.25, -0.2) is 0 Å². The molecule has 1 aliphatic rings. The van der Waals surface area contributed by atoms with E-state index >= 15 is 0 Å². The Labute approximate surface area is 149 Å². The molecular weight excluding hydrogens is 353 g/mol. The molecule has 8 heteroatoms. The average Bonchev–Trinajstić information content (AvgIpc) is 2.94. The van der Waals surface area contributed by atoms with Gasteiger partial charge in [0.25, 0.3) is 0 Å². The lowest BCUT2D eigenvalue weighted by Gasteiger charge is -2.25. The molecule has 4 nitrogen and oxygen atoms in total. The van der Waals surface area contributed by atoms with Crippen molar-refractivity contribution in [1.82, 2.24) is 9.80 Å². The third kappa shape index (κ3) is 4.90. The summed E-state index contributed by atoms with van der Waals surface area (Å²) in [6, 6.07) is 4.95. The summed E-state index contributed by atoms with van der Waals surface area (Å²) in [6.45, 7) is 2.81. The van der Waals surface area contributed by atoms with E-state index in [1.54, 1.807) is 23.8 Å². The Morgan fingerprint density at radius 3 is 2.52 bits per heavy atom. The van der Waals surface area contributed by atoms with E-state index in [-0.39, 0.29) is 17.2 Å². The number of carbonyl (C=O) groups is 2. The largest absolute Gasteiger partial charge is 0.416 e. The standard InChI is InChI=1S/C17H21F3N2O2S/c1-3-14(23)21(2)9-4-10-22-15(24)11-25-16(22)12-5-7-13(8-6-12)17(18,19)20/h5-8,16H,3-4,9-11H2,1-2H3/t16-/m0/s1. The lowest BCUT2D eigenvalue weighted by Crippen LogP contribution is -2.33.